The van der Waals surface area contributed by atoms with E-state index in [1.165, 1.54) is 16.2 Å². The highest BCUT2D eigenvalue weighted by Crippen LogP contribution is 2.28. The third-order valence-corrected chi connectivity index (χ3v) is 5.49. The SMILES string of the molecule is CC1CC(=O)C(C(=O)NCC(=O)O)C(=O)N1Cc1cnc(-c2ccccc2)s1. The van der Waals surface area contributed by atoms with Gasteiger partial charge in [-0.2, -0.15) is 0 Å². The number of carbonyl (C=O) groups excluding carboxylic acids is 3. The van der Waals surface area contributed by atoms with Crippen LogP contribution in [0, 0.1) is 5.92 Å². The van der Waals surface area contributed by atoms with Gasteiger partial charge >= 0.3 is 5.97 Å². The smallest absolute Gasteiger partial charge is 0.322 e. The van der Waals surface area contributed by atoms with E-state index in [0.29, 0.717) is 0 Å². The highest BCUT2D eigenvalue weighted by Gasteiger charge is 2.43. The Morgan fingerprint density at radius 1 is 1.29 bits per heavy atom. The molecule has 1 aliphatic heterocycles. The van der Waals surface area contributed by atoms with Crippen molar-refractivity contribution in [2.24, 2.45) is 5.92 Å². The Morgan fingerprint density at radius 2 is 2.00 bits per heavy atom. The Labute approximate surface area is 165 Å². The van der Waals surface area contributed by atoms with Gasteiger partial charge in [-0.15, -0.1) is 11.3 Å². The van der Waals surface area contributed by atoms with Crippen LogP contribution in [0.2, 0.25) is 0 Å². The summed E-state index contributed by atoms with van der Waals surface area (Å²) in [5.74, 6) is -4.72. The maximum Gasteiger partial charge on any atom is 0.322 e. The summed E-state index contributed by atoms with van der Waals surface area (Å²) in [6.07, 6.45) is 1.73. The second-order valence-electron chi connectivity index (χ2n) is 6.53. The quantitative estimate of drug-likeness (QED) is 0.705. The van der Waals surface area contributed by atoms with Crippen LogP contribution in [0.4, 0.5) is 0 Å². The van der Waals surface area contributed by atoms with E-state index >= 15 is 0 Å². The molecular formula is C19H19N3O5S. The molecule has 8 nitrogen and oxygen atoms in total. The molecule has 1 fully saturated rings. The van der Waals surface area contributed by atoms with Crippen molar-refractivity contribution in [3.05, 3.63) is 41.4 Å². The number of ketones is 1. The Balaban J connectivity index is 1.75. The molecule has 146 valence electrons. The number of likely N-dealkylation sites (tertiary alicyclic amines) is 1. The van der Waals surface area contributed by atoms with Crippen molar-refractivity contribution in [3.8, 4) is 10.6 Å². The van der Waals surface area contributed by atoms with Crippen molar-refractivity contribution in [1.82, 2.24) is 15.2 Å². The van der Waals surface area contributed by atoms with E-state index in [1.807, 2.05) is 30.3 Å². The number of thiazole rings is 1. The van der Waals surface area contributed by atoms with Crippen LogP contribution in [0.25, 0.3) is 10.6 Å². The molecule has 2 N–H and O–H groups in total. The molecule has 2 heterocycles. The fourth-order valence-electron chi connectivity index (χ4n) is 3.06. The van der Waals surface area contributed by atoms with E-state index in [1.54, 1.807) is 13.1 Å². The van der Waals surface area contributed by atoms with Crippen LogP contribution in [-0.4, -0.2) is 51.1 Å². The topological polar surface area (TPSA) is 117 Å². The lowest BCUT2D eigenvalue weighted by Gasteiger charge is -2.35. The number of nitrogens with zero attached hydrogens (tertiary/aromatic N) is 2. The molecule has 0 bridgehead atoms. The third kappa shape index (κ3) is 4.25. The highest BCUT2D eigenvalue weighted by atomic mass is 32.1. The van der Waals surface area contributed by atoms with Gasteiger partial charge in [-0.25, -0.2) is 4.98 Å². The summed E-state index contributed by atoms with van der Waals surface area (Å²) in [5.41, 5.74) is 0.970. The van der Waals surface area contributed by atoms with Crippen LogP contribution >= 0.6 is 11.3 Å². The molecule has 1 aliphatic rings. The maximum absolute atomic E-state index is 12.8. The standard InChI is InChI=1S/C19H19N3O5S/c1-11-7-14(23)16(17(26)20-9-15(24)25)19(27)22(11)10-13-8-21-18(28-13)12-5-3-2-4-6-12/h2-6,8,11,16H,7,9-10H2,1H3,(H,20,26)(H,24,25). The van der Waals surface area contributed by atoms with Gasteiger partial charge in [-0.3, -0.25) is 19.2 Å². The molecule has 0 radical (unpaired) electrons. The normalized spacial score (nSPS) is 19.5. The fraction of sp³-hybridized carbons (Fsp3) is 0.316. The summed E-state index contributed by atoms with van der Waals surface area (Å²) in [4.78, 5) is 54.5. The minimum absolute atomic E-state index is 0.0429. The fourth-order valence-corrected chi connectivity index (χ4v) is 3.98. The van der Waals surface area contributed by atoms with E-state index in [2.05, 4.69) is 10.3 Å². The molecule has 2 atom stereocenters. The molecular weight excluding hydrogens is 382 g/mol. The number of nitrogens with one attached hydrogen (secondary N) is 1. The lowest BCUT2D eigenvalue weighted by Crippen LogP contribution is -2.55. The predicted molar refractivity (Wildman–Crippen MR) is 101 cm³/mol. The van der Waals surface area contributed by atoms with Crippen LogP contribution in [0.15, 0.2) is 36.5 Å². The van der Waals surface area contributed by atoms with Crippen LogP contribution in [0.3, 0.4) is 0 Å². The van der Waals surface area contributed by atoms with E-state index in [9.17, 15) is 19.2 Å². The first kappa shape index (κ1) is 19.7. The molecule has 9 heteroatoms. The first-order valence-corrected chi connectivity index (χ1v) is 9.51. The Hall–Kier alpha value is -3.07. The molecule has 1 aromatic carbocycles. The van der Waals surface area contributed by atoms with Gasteiger partial charge in [0.25, 0.3) is 0 Å². The summed E-state index contributed by atoms with van der Waals surface area (Å²) in [6, 6.07) is 9.28. The molecule has 0 saturated carbocycles. The van der Waals surface area contributed by atoms with Gasteiger partial charge in [0, 0.05) is 29.1 Å². The second-order valence-corrected chi connectivity index (χ2v) is 7.64. The van der Waals surface area contributed by atoms with Gasteiger partial charge < -0.3 is 15.3 Å². The summed E-state index contributed by atoms with van der Waals surface area (Å²) < 4.78 is 0. The predicted octanol–water partition coefficient (Wildman–Crippen LogP) is 1.32. The van der Waals surface area contributed by atoms with E-state index in [0.717, 1.165) is 15.4 Å². The zero-order chi connectivity index (χ0) is 20.3. The number of benzene rings is 1. The highest BCUT2D eigenvalue weighted by molar-refractivity contribution is 7.15. The Bertz CT molecular complexity index is 911. The number of hydrogen-bond acceptors (Lipinski definition) is 6. The van der Waals surface area contributed by atoms with Crippen molar-refractivity contribution < 1.29 is 24.3 Å². The van der Waals surface area contributed by atoms with Crippen molar-refractivity contribution in [2.75, 3.05) is 6.54 Å². The molecule has 2 amide bonds. The average molecular weight is 401 g/mol. The number of carbonyl (C=O) groups is 4. The van der Waals surface area contributed by atoms with Crippen molar-refractivity contribution in [3.63, 3.8) is 0 Å². The third-order valence-electron chi connectivity index (χ3n) is 4.46. The van der Waals surface area contributed by atoms with Crippen LogP contribution < -0.4 is 5.32 Å². The lowest BCUT2D eigenvalue weighted by atomic mass is 9.90. The maximum atomic E-state index is 12.8. The number of hydrogen-bond donors (Lipinski definition) is 2. The average Bonchev–Trinajstić information content (AvgIpc) is 3.13. The van der Waals surface area contributed by atoms with Gasteiger partial charge in [0.2, 0.25) is 11.8 Å². The zero-order valence-electron chi connectivity index (χ0n) is 15.1. The van der Waals surface area contributed by atoms with Crippen molar-refractivity contribution in [2.45, 2.75) is 25.9 Å². The van der Waals surface area contributed by atoms with Crippen molar-refractivity contribution >= 4 is 34.9 Å². The monoisotopic (exact) mass is 401 g/mol. The molecule has 28 heavy (non-hydrogen) atoms. The van der Waals surface area contributed by atoms with Crippen LogP contribution in [0.1, 0.15) is 18.2 Å². The number of carboxylic acids is 1. The first-order chi connectivity index (χ1) is 13.4. The number of Topliss-reactive ketones (excluding diaryl/α,β-unsaturated/α-hetero) is 1. The lowest BCUT2D eigenvalue weighted by molar-refractivity contribution is -0.154. The molecule has 2 unspecified atom stereocenters. The summed E-state index contributed by atoms with van der Waals surface area (Å²) >= 11 is 1.44. The molecule has 0 spiro atoms. The molecule has 0 aliphatic carbocycles. The summed E-state index contributed by atoms with van der Waals surface area (Å²) in [6.45, 7) is 1.35. The van der Waals surface area contributed by atoms with Crippen LogP contribution in [-0.2, 0) is 25.7 Å². The molecule has 3 rings (SSSR count). The molecule has 2 aromatic rings. The minimum atomic E-state index is -1.50. The van der Waals surface area contributed by atoms with Gasteiger partial charge in [0.1, 0.15) is 11.6 Å². The molecule has 1 saturated heterocycles. The van der Waals surface area contributed by atoms with Crippen molar-refractivity contribution in [1.29, 1.82) is 0 Å². The largest absolute Gasteiger partial charge is 0.480 e. The molecule has 1 aromatic heterocycles. The number of aromatic nitrogens is 1. The van der Waals surface area contributed by atoms with Gasteiger partial charge in [-0.1, -0.05) is 30.3 Å². The second kappa shape index (κ2) is 8.30. The van der Waals surface area contributed by atoms with Crippen LogP contribution in [0.5, 0.6) is 0 Å². The van der Waals surface area contributed by atoms with E-state index in [-0.39, 0.29) is 19.0 Å². The van der Waals surface area contributed by atoms with E-state index in [4.69, 9.17) is 5.11 Å². The number of amides is 2. The van der Waals surface area contributed by atoms with Gasteiger partial charge in [0.05, 0.1) is 6.54 Å². The first-order valence-electron chi connectivity index (χ1n) is 8.69. The zero-order valence-corrected chi connectivity index (χ0v) is 15.9. The van der Waals surface area contributed by atoms with E-state index < -0.39 is 36.0 Å². The Kier molecular flexibility index (Phi) is 5.84. The minimum Gasteiger partial charge on any atom is -0.480 e. The van der Waals surface area contributed by atoms with Gasteiger partial charge in [0.15, 0.2) is 11.7 Å². The summed E-state index contributed by atoms with van der Waals surface area (Å²) in [5, 5.41) is 11.6. The number of rotatable bonds is 6. The number of carboxylic acid groups (broad SMARTS) is 1. The number of aliphatic carboxylic acids is 1. The van der Waals surface area contributed by atoms with Gasteiger partial charge in [-0.05, 0) is 6.92 Å². The summed E-state index contributed by atoms with van der Waals surface area (Å²) in [7, 11) is 0. The Morgan fingerprint density at radius 3 is 2.68 bits per heavy atom. The number of piperidine rings is 1.